The number of halogens is 1. The predicted octanol–water partition coefficient (Wildman–Crippen LogP) is 2.69. The standard InChI is InChI=1S/C13H18ClNO3/c1-13(2,3)15-7-9-6-10(14)4-5-11(9)18-8-12(16)17/h4-6,15H,7-8H2,1-3H3,(H,16,17). The van der Waals surface area contributed by atoms with Crippen molar-refractivity contribution in [2.24, 2.45) is 0 Å². The molecule has 0 aliphatic heterocycles. The van der Waals surface area contributed by atoms with Gasteiger partial charge in [0.1, 0.15) is 5.75 Å². The highest BCUT2D eigenvalue weighted by Gasteiger charge is 2.12. The lowest BCUT2D eigenvalue weighted by molar-refractivity contribution is -0.139. The van der Waals surface area contributed by atoms with Gasteiger partial charge >= 0.3 is 5.97 Å². The maximum Gasteiger partial charge on any atom is 0.341 e. The zero-order valence-electron chi connectivity index (χ0n) is 10.8. The summed E-state index contributed by atoms with van der Waals surface area (Å²) in [6.07, 6.45) is 0. The van der Waals surface area contributed by atoms with Crippen LogP contribution in [0.2, 0.25) is 5.02 Å². The maximum atomic E-state index is 10.5. The third kappa shape index (κ3) is 5.38. The second-order valence-electron chi connectivity index (χ2n) is 5.04. The summed E-state index contributed by atoms with van der Waals surface area (Å²) in [5.41, 5.74) is 0.811. The molecule has 0 atom stereocenters. The van der Waals surface area contributed by atoms with Crippen molar-refractivity contribution < 1.29 is 14.6 Å². The fourth-order valence-corrected chi connectivity index (χ4v) is 1.52. The van der Waals surface area contributed by atoms with Crippen LogP contribution in [0.5, 0.6) is 5.75 Å². The van der Waals surface area contributed by atoms with Gasteiger partial charge < -0.3 is 15.2 Å². The van der Waals surface area contributed by atoms with Crippen molar-refractivity contribution in [3.05, 3.63) is 28.8 Å². The molecule has 0 spiro atoms. The number of nitrogens with one attached hydrogen (secondary N) is 1. The van der Waals surface area contributed by atoms with Gasteiger partial charge in [0.25, 0.3) is 0 Å². The molecule has 0 radical (unpaired) electrons. The fourth-order valence-electron chi connectivity index (χ4n) is 1.33. The summed E-state index contributed by atoms with van der Waals surface area (Å²) < 4.78 is 5.22. The Balaban J connectivity index is 2.79. The van der Waals surface area contributed by atoms with Crippen molar-refractivity contribution in [2.75, 3.05) is 6.61 Å². The van der Waals surface area contributed by atoms with E-state index in [0.29, 0.717) is 17.3 Å². The molecule has 4 nitrogen and oxygen atoms in total. The monoisotopic (exact) mass is 271 g/mol. The zero-order chi connectivity index (χ0) is 13.8. The lowest BCUT2D eigenvalue weighted by Crippen LogP contribution is -2.35. The van der Waals surface area contributed by atoms with Gasteiger partial charge in [0, 0.05) is 22.7 Å². The minimum absolute atomic E-state index is 0.0353. The van der Waals surface area contributed by atoms with Crippen LogP contribution in [-0.4, -0.2) is 23.2 Å². The Morgan fingerprint density at radius 2 is 2.11 bits per heavy atom. The Morgan fingerprint density at radius 1 is 1.44 bits per heavy atom. The molecular weight excluding hydrogens is 254 g/mol. The fraction of sp³-hybridized carbons (Fsp3) is 0.462. The van der Waals surface area contributed by atoms with Gasteiger partial charge in [-0.3, -0.25) is 0 Å². The molecule has 0 bridgehead atoms. The average Bonchev–Trinajstić information content (AvgIpc) is 2.23. The molecule has 0 fully saturated rings. The van der Waals surface area contributed by atoms with Crippen LogP contribution in [0.3, 0.4) is 0 Å². The first-order chi connectivity index (χ1) is 8.28. The molecule has 0 aromatic heterocycles. The van der Waals surface area contributed by atoms with E-state index in [1.165, 1.54) is 0 Å². The number of carboxylic acids is 1. The van der Waals surface area contributed by atoms with Gasteiger partial charge in [0.15, 0.2) is 6.61 Å². The van der Waals surface area contributed by atoms with Gasteiger partial charge in [-0.2, -0.15) is 0 Å². The van der Waals surface area contributed by atoms with Crippen molar-refractivity contribution in [1.29, 1.82) is 0 Å². The molecule has 2 N–H and O–H groups in total. The molecule has 0 heterocycles. The third-order valence-corrected chi connectivity index (χ3v) is 2.42. The molecule has 0 aliphatic carbocycles. The molecular formula is C13H18ClNO3. The SMILES string of the molecule is CC(C)(C)NCc1cc(Cl)ccc1OCC(=O)O. The average molecular weight is 272 g/mol. The minimum Gasteiger partial charge on any atom is -0.482 e. The predicted molar refractivity (Wildman–Crippen MR) is 71.2 cm³/mol. The number of carbonyl (C=O) groups is 1. The summed E-state index contributed by atoms with van der Waals surface area (Å²) in [6, 6.07) is 5.14. The van der Waals surface area contributed by atoms with E-state index < -0.39 is 5.97 Å². The number of ether oxygens (including phenoxy) is 1. The summed E-state index contributed by atoms with van der Waals surface area (Å²) in [5.74, 6) is -0.460. The van der Waals surface area contributed by atoms with E-state index in [1.54, 1.807) is 18.2 Å². The van der Waals surface area contributed by atoms with Gasteiger partial charge in [-0.25, -0.2) is 4.79 Å². The Labute approximate surface area is 112 Å². The number of aliphatic carboxylic acids is 1. The number of hydrogen-bond donors (Lipinski definition) is 2. The highest BCUT2D eigenvalue weighted by molar-refractivity contribution is 6.30. The summed E-state index contributed by atoms with van der Waals surface area (Å²) in [4.78, 5) is 10.5. The van der Waals surface area contributed by atoms with Crippen LogP contribution >= 0.6 is 11.6 Å². The molecule has 100 valence electrons. The lowest BCUT2D eigenvalue weighted by Gasteiger charge is -2.21. The van der Waals surface area contributed by atoms with E-state index in [2.05, 4.69) is 26.1 Å². The minimum atomic E-state index is -1.00. The zero-order valence-corrected chi connectivity index (χ0v) is 11.5. The van der Waals surface area contributed by atoms with Crippen LogP contribution in [0.25, 0.3) is 0 Å². The van der Waals surface area contributed by atoms with Crippen LogP contribution in [-0.2, 0) is 11.3 Å². The summed E-state index contributed by atoms with van der Waals surface area (Å²) in [5, 5.41) is 12.5. The van der Waals surface area contributed by atoms with Crippen molar-refractivity contribution in [3.63, 3.8) is 0 Å². The van der Waals surface area contributed by atoms with Crippen LogP contribution in [0.4, 0.5) is 0 Å². The van der Waals surface area contributed by atoms with Gasteiger partial charge in [-0.05, 0) is 39.0 Å². The Morgan fingerprint density at radius 3 is 2.67 bits per heavy atom. The van der Waals surface area contributed by atoms with Crippen LogP contribution in [0.1, 0.15) is 26.3 Å². The Hall–Kier alpha value is -1.26. The van der Waals surface area contributed by atoms with E-state index in [1.807, 2.05) is 0 Å². The highest BCUT2D eigenvalue weighted by atomic mass is 35.5. The van der Waals surface area contributed by atoms with Gasteiger partial charge in [0.05, 0.1) is 0 Å². The molecule has 0 saturated heterocycles. The first-order valence-electron chi connectivity index (χ1n) is 5.66. The number of rotatable bonds is 5. The van der Waals surface area contributed by atoms with Gasteiger partial charge in [0.2, 0.25) is 0 Å². The number of benzene rings is 1. The highest BCUT2D eigenvalue weighted by Crippen LogP contribution is 2.23. The van der Waals surface area contributed by atoms with Crippen molar-refractivity contribution in [3.8, 4) is 5.75 Å². The molecule has 1 rings (SSSR count). The maximum absolute atomic E-state index is 10.5. The van der Waals surface area contributed by atoms with Crippen LogP contribution in [0.15, 0.2) is 18.2 Å². The summed E-state index contributed by atoms with van der Waals surface area (Å²) in [7, 11) is 0. The smallest absolute Gasteiger partial charge is 0.341 e. The van der Waals surface area contributed by atoms with Crippen molar-refractivity contribution in [1.82, 2.24) is 5.32 Å². The molecule has 0 unspecified atom stereocenters. The first kappa shape index (κ1) is 14.8. The lowest BCUT2D eigenvalue weighted by atomic mass is 10.1. The molecule has 0 saturated carbocycles. The van der Waals surface area contributed by atoms with E-state index in [4.69, 9.17) is 21.4 Å². The Kier molecular flexibility index (Phi) is 4.99. The molecule has 0 aliphatic rings. The van der Waals surface area contributed by atoms with E-state index in [-0.39, 0.29) is 12.1 Å². The molecule has 18 heavy (non-hydrogen) atoms. The van der Waals surface area contributed by atoms with E-state index in [9.17, 15) is 4.79 Å². The van der Waals surface area contributed by atoms with E-state index in [0.717, 1.165) is 5.56 Å². The topological polar surface area (TPSA) is 58.6 Å². The second kappa shape index (κ2) is 6.07. The number of hydrogen-bond acceptors (Lipinski definition) is 3. The van der Waals surface area contributed by atoms with Crippen LogP contribution in [0, 0.1) is 0 Å². The van der Waals surface area contributed by atoms with Gasteiger partial charge in [-0.15, -0.1) is 0 Å². The molecule has 1 aromatic rings. The van der Waals surface area contributed by atoms with Crippen molar-refractivity contribution in [2.45, 2.75) is 32.9 Å². The summed E-state index contributed by atoms with van der Waals surface area (Å²) >= 11 is 5.93. The third-order valence-electron chi connectivity index (χ3n) is 2.18. The first-order valence-corrected chi connectivity index (χ1v) is 6.04. The normalized spacial score (nSPS) is 11.3. The van der Waals surface area contributed by atoms with Crippen molar-refractivity contribution >= 4 is 17.6 Å². The van der Waals surface area contributed by atoms with E-state index >= 15 is 0 Å². The van der Waals surface area contributed by atoms with Gasteiger partial charge in [-0.1, -0.05) is 11.6 Å². The largest absolute Gasteiger partial charge is 0.482 e. The Bertz CT molecular complexity index is 427. The second-order valence-corrected chi connectivity index (χ2v) is 5.47. The molecule has 0 amide bonds. The molecule has 1 aromatic carbocycles. The van der Waals surface area contributed by atoms with Crippen LogP contribution < -0.4 is 10.1 Å². The number of carboxylic acid groups (broad SMARTS) is 1. The molecule has 5 heteroatoms. The summed E-state index contributed by atoms with van der Waals surface area (Å²) in [6.45, 7) is 6.36. The quantitative estimate of drug-likeness (QED) is 0.864.